The number of thioether (sulfide) groups is 1. The van der Waals surface area contributed by atoms with Crippen molar-refractivity contribution in [1.29, 1.82) is 0 Å². The van der Waals surface area contributed by atoms with E-state index < -0.39 is 0 Å². The van der Waals surface area contributed by atoms with Crippen LogP contribution in [-0.2, 0) is 16.1 Å². The summed E-state index contributed by atoms with van der Waals surface area (Å²) in [6, 6.07) is 5.45. The molecule has 7 heteroatoms. The molecule has 0 saturated carbocycles. The zero-order valence-electron chi connectivity index (χ0n) is 23.3. The molecule has 2 N–H and O–H groups in total. The van der Waals surface area contributed by atoms with Crippen molar-refractivity contribution in [3.05, 3.63) is 41.0 Å². The van der Waals surface area contributed by atoms with Crippen LogP contribution < -0.4 is 10.6 Å². The molecule has 1 aliphatic carbocycles. The van der Waals surface area contributed by atoms with Crippen molar-refractivity contribution >= 4 is 30.2 Å². The summed E-state index contributed by atoms with van der Waals surface area (Å²) in [5.74, 6) is 0.932. The summed E-state index contributed by atoms with van der Waals surface area (Å²) in [5.41, 5.74) is 3.48. The fourth-order valence-corrected chi connectivity index (χ4v) is 6.01. The Hall–Kier alpha value is -1.96. The number of nitrogens with zero attached hydrogens (tertiary/aromatic N) is 1. The number of benzene rings is 1. The lowest BCUT2D eigenvalue weighted by Gasteiger charge is -2.26. The Morgan fingerprint density at radius 1 is 1.19 bits per heavy atom. The Balaban J connectivity index is 1.73. The number of unbranched alkanes of at least 4 members (excludes halogenated alkanes) is 4. The molecule has 37 heavy (non-hydrogen) atoms. The monoisotopic (exact) mass is 529 g/mol. The highest BCUT2D eigenvalue weighted by molar-refractivity contribution is 7.99. The van der Waals surface area contributed by atoms with Gasteiger partial charge in [0, 0.05) is 36.0 Å². The van der Waals surface area contributed by atoms with E-state index >= 15 is 0 Å². The second-order valence-electron chi connectivity index (χ2n) is 10.5. The van der Waals surface area contributed by atoms with Gasteiger partial charge in [-0.1, -0.05) is 50.0 Å². The van der Waals surface area contributed by atoms with E-state index in [9.17, 15) is 14.4 Å². The third-order valence-corrected chi connectivity index (χ3v) is 8.60. The van der Waals surface area contributed by atoms with E-state index in [2.05, 4.69) is 36.6 Å². The van der Waals surface area contributed by atoms with Crippen LogP contribution in [0.25, 0.3) is 0 Å². The predicted octanol–water partition coefficient (Wildman–Crippen LogP) is 5.55. The predicted molar refractivity (Wildman–Crippen MR) is 154 cm³/mol. The quantitative estimate of drug-likeness (QED) is 0.106. The molecule has 0 heterocycles. The van der Waals surface area contributed by atoms with Gasteiger partial charge in [0.1, 0.15) is 12.6 Å². The molecular weight excluding hydrogens is 482 g/mol. The lowest BCUT2D eigenvalue weighted by molar-refractivity contribution is -0.121. The zero-order chi connectivity index (χ0) is 27.1. The number of hydrogen-bond acceptors (Lipinski definition) is 6. The molecule has 1 aliphatic rings. The molecule has 0 bridgehead atoms. The van der Waals surface area contributed by atoms with Gasteiger partial charge < -0.3 is 15.4 Å². The Kier molecular flexibility index (Phi) is 14.2. The summed E-state index contributed by atoms with van der Waals surface area (Å²) in [6.45, 7) is 6.18. The van der Waals surface area contributed by atoms with Gasteiger partial charge in [0.25, 0.3) is 0 Å². The summed E-state index contributed by atoms with van der Waals surface area (Å²) >= 11 is 1.79. The van der Waals surface area contributed by atoms with Crippen molar-refractivity contribution in [2.45, 2.75) is 101 Å². The highest BCUT2D eigenvalue weighted by Crippen LogP contribution is 2.31. The van der Waals surface area contributed by atoms with Crippen molar-refractivity contribution in [1.82, 2.24) is 15.5 Å². The van der Waals surface area contributed by atoms with Gasteiger partial charge in [0.2, 0.25) is 5.91 Å². The number of carbonyl (C=O) groups excluding carboxylic acids is 3. The molecule has 0 aromatic heterocycles. The molecule has 1 aromatic rings. The molecular formula is C30H47N3O3S. The van der Waals surface area contributed by atoms with Gasteiger partial charge in [-0.25, -0.2) is 0 Å². The van der Waals surface area contributed by atoms with E-state index in [4.69, 9.17) is 0 Å². The first-order chi connectivity index (χ1) is 17.9. The molecule has 1 amide bonds. The fraction of sp³-hybridized carbons (Fsp3) is 0.633. The summed E-state index contributed by atoms with van der Waals surface area (Å²) in [6.07, 6.45) is 14.5. The highest BCUT2D eigenvalue weighted by Gasteiger charge is 2.27. The maximum absolute atomic E-state index is 11.7. The van der Waals surface area contributed by atoms with Crippen LogP contribution in [0.4, 0.5) is 0 Å². The lowest BCUT2D eigenvalue weighted by Crippen LogP contribution is -2.40. The fourth-order valence-electron chi connectivity index (χ4n) is 4.91. The largest absolute Gasteiger partial charge is 0.359 e. The van der Waals surface area contributed by atoms with Gasteiger partial charge >= 0.3 is 0 Å². The van der Waals surface area contributed by atoms with Gasteiger partial charge in [-0.15, -0.1) is 11.8 Å². The molecule has 0 aliphatic heterocycles. The molecule has 2 rings (SSSR count). The zero-order valence-corrected chi connectivity index (χ0v) is 24.1. The average Bonchev–Trinajstić information content (AvgIpc) is 3.29. The standard InChI is InChI=1S/C30H47N3O3S/c1-5-24-16-17-30(2,20-24)32-18-9-7-6-8-10-19-37-28-13-11-12-25(22-34)27(28)21-33(4)26(23-35)14-15-29(36)31-3/h11-13,16,22-23,26,32H,5-10,14-15,17-21H2,1-4H3,(H,31,36). The highest BCUT2D eigenvalue weighted by atomic mass is 32.2. The van der Waals surface area contributed by atoms with Gasteiger partial charge in [-0.05, 0) is 76.4 Å². The Bertz CT molecular complexity index is 904. The van der Waals surface area contributed by atoms with E-state index in [1.807, 2.05) is 24.1 Å². The molecule has 1 aromatic carbocycles. The number of amides is 1. The third kappa shape index (κ3) is 10.7. The van der Waals surface area contributed by atoms with Crippen LogP contribution in [0, 0.1) is 0 Å². The molecule has 6 nitrogen and oxygen atoms in total. The summed E-state index contributed by atoms with van der Waals surface area (Å²) in [7, 11) is 3.47. The van der Waals surface area contributed by atoms with Crippen molar-refractivity contribution in [2.24, 2.45) is 0 Å². The molecule has 0 fully saturated rings. The lowest BCUT2D eigenvalue weighted by atomic mass is 9.97. The Labute approximate surface area is 228 Å². The van der Waals surface area contributed by atoms with Crippen molar-refractivity contribution in [3.8, 4) is 0 Å². The average molecular weight is 530 g/mol. The smallest absolute Gasteiger partial charge is 0.219 e. The first kappa shape index (κ1) is 31.3. The van der Waals surface area contributed by atoms with Gasteiger partial charge in [-0.2, -0.15) is 0 Å². The van der Waals surface area contributed by atoms with Crippen molar-refractivity contribution in [3.63, 3.8) is 0 Å². The number of rotatable bonds is 19. The minimum Gasteiger partial charge on any atom is -0.359 e. The van der Waals surface area contributed by atoms with Gasteiger partial charge in [-0.3, -0.25) is 14.5 Å². The van der Waals surface area contributed by atoms with Crippen LogP contribution in [-0.4, -0.2) is 61.4 Å². The Morgan fingerprint density at radius 3 is 2.62 bits per heavy atom. The molecule has 2 unspecified atom stereocenters. The van der Waals surface area contributed by atoms with Crippen molar-refractivity contribution < 1.29 is 14.4 Å². The molecule has 0 radical (unpaired) electrons. The van der Waals surface area contributed by atoms with Gasteiger partial charge in [0.15, 0.2) is 0 Å². The van der Waals surface area contributed by atoms with Gasteiger partial charge in [0.05, 0.1) is 6.04 Å². The van der Waals surface area contributed by atoms with Crippen LogP contribution >= 0.6 is 11.8 Å². The first-order valence-corrected chi connectivity index (χ1v) is 14.8. The van der Waals surface area contributed by atoms with Crippen LogP contribution in [0.5, 0.6) is 0 Å². The molecule has 206 valence electrons. The maximum Gasteiger partial charge on any atom is 0.219 e. The van der Waals surface area contributed by atoms with E-state index in [1.165, 1.54) is 38.5 Å². The minimum absolute atomic E-state index is 0.0768. The number of aldehydes is 2. The summed E-state index contributed by atoms with van der Waals surface area (Å²) in [5, 5.41) is 6.37. The second-order valence-corrected chi connectivity index (χ2v) is 11.6. The summed E-state index contributed by atoms with van der Waals surface area (Å²) < 4.78 is 0. The van der Waals surface area contributed by atoms with E-state index in [0.29, 0.717) is 24.9 Å². The number of hydrogen-bond donors (Lipinski definition) is 2. The minimum atomic E-state index is -0.370. The first-order valence-electron chi connectivity index (χ1n) is 13.8. The molecule has 0 saturated heterocycles. The normalized spacial score (nSPS) is 18.0. The van der Waals surface area contributed by atoms with E-state index in [1.54, 1.807) is 24.4 Å². The third-order valence-electron chi connectivity index (χ3n) is 7.42. The number of carbonyl (C=O) groups is 3. The second kappa shape index (κ2) is 16.8. The number of nitrogens with one attached hydrogen (secondary N) is 2. The Morgan fingerprint density at radius 2 is 1.95 bits per heavy atom. The summed E-state index contributed by atoms with van der Waals surface area (Å²) in [4.78, 5) is 38.0. The van der Waals surface area contributed by atoms with Crippen molar-refractivity contribution in [2.75, 3.05) is 26.4 Å². The topological polar surface area (TPSA) is 78.5 Å². The maximum atomic E-state index is 11.7. The van der Waals surface area contributed by atoms with Crippen LogP contribution in [0.2, 0.25) is 0 Å². The van der Waals surface area contributed by atoms with Crippen LogP contribution in [0.1, 0.15) is 94.0 Å². The number of likely N-dealkylation sites (N-methyl/N-ethyl adjacent to an activating group) is 1. The van der Waals surface area contributed by atoms with Crippen LogP contribution in [0.15, 0.2) is 34.7 Å². The SMILES string of the molecule is CCC1=CCC(C)(NCCCCCCCSc2cccc(C=O)c2CN(C)C(C=O)CCC(=O)NC)C1. The van der Waals surface area contributed by atoms with E-state index in [0.717, 1.165) is 48.2 Å². The van der Waals surface area contributed by atoms with Crippen LogP contribution in [0.3, 0.4) is 0 Å². The molecule has 2 atom stereocenters. The molecule has 0 spiro atoms. The van der Waals surface area contributed by atoms with E-state index in [-0.39, 0.29) is 17.5 Å².